The minimum absolute atomic E-state index is 0.0328. The average Bonchev–Trinajstić information content (AvgIpc) is 2.80. The van der Waals surface area contributed by atoms with Crippen molar-refractivity contribution < 1.29 is 14.4 Å². The molecule has 0 amide bonds. The van der Waals surface area contributed by atoms with Crippen molar-refractivity contribution in [3.8, 4) is 0 Å². The average molecular weight is 211 g/mol. The monoisotopic (exact) mass is 211 g/mol. The fourth-order valence-corrected chi connectivity index (χ4v) is 1.50. The Balaban J connectivity index is 1.88. The van der Waals surface area contributed by atoms with Gasteiger partial charge in [0.2, 0.25) is 6.39 Å². The van der Waals surface area contributed by atoms with Gasteiger partial charge in [0, 0.05) is 6.54 Å². The van der Waals surface area contributed by atoms with Crippen molar-refractivity contribution in [1.82, 2.24) is 15.0 Å². The SMILES string of the molecule is O=C(O)CN(Cc1ncon1)CC1CC1. The van der Waals surface area contributed by atoms with Crippen LogP contribution in [-0.2, 0) is 11.3 Å². The molecule has 1 aliphatic rings. The highest BCUT2D eigenvalue weighted by molar-refractivity contribution is 5.69. The summed E-state index contributed by atoms with van der Waals surface area (Å²) in [7, 11) is 0. The molecule has 82 valence electrons. The van der Waals surface area contributed by atoms with E-state index in [1.165, 1.54) is 19.2 Å². The van der Waals surface area contributed by atoms with Gasteiger partial charge in [0.05, 0.1) is 13.1 Å². The Bertz CT molecular complexity index is 321. The van der Waals surface area contributed by atoms with Crippen LogP contribution in [0.3, 0.4) is 0 Å². The van der Waals surface area contributed by atoms with Crippen LogP contribution in [0.4, 0.5) is 0 Å². The maximum Gasteiger partial charge on any atom is 0.317 e. The van der Waals surface area contributed by atoms with E-state index in [0.717, 1.165) is 6.54 Å². The molecule has 0 saturated heterocycles. The zero-order valence-electron chi connectivity index (χ0n) is 8.30. The Morgan fingerprint density at radius 1 is 1.67 bits per heavy atom. The predicted octanol–water partition coefficient (Wildman–Crippen LogP) is 0.366. The second-order valence-electron chi connectivity index (χ2n) is 3.85. The molecule has 1 aliphatic carbocycles. The van der Waals surface area contributed by atoms with Crippen molar-refractivity contribution in [2.75, 3.05) is 13.1 Å². The third-order valence-electron chi connectivity index (χ3n) is 2.34. The first kappa shape index (κ1) is 10.1. The van der Waals surface area contributed by atoms with Crippen LogP contribution in [0.25, 0.3) is 0 Å². The van der Waals surface area contributed by atoms with Gasteiger partial charge in [-0.1, -0.05) is 5.16 Å². The topological polar surface area (TPSA) is 79.5 Å². The van der Waals surface area contributed by atoms with Crippen LogP contribution >= 0.6 is 0 Å². The molecule has 1 aromatic heterocycles. The van der Waals surface area contributed by atoms with E-state index in [1.54, 1.807) is 0 Å². The Morgan fingerprint density at radius 2 is 2.47 bits per heavy atom. The number of rotatable bonds is 6. The molecule has 1 saturated carbocycles. The highest BCUT2D eigenvalue weighted by Crippen LogP contribution is 2.29. The van der Waals surface area contributed by atoms with E-state index in [9.17, 15) is 4.79 Å². The van der Waals surface area contributed by atoms with Crippen LogP contribution < -0.4 is 0 Å². The summed E-state index contributed by atoms with van der Waals surface area (Å²) in [5, 5.41) is 12.4. The number of hydrogen-bond donors (Lipinski definition) is 1. The molecule has 15 heavy (non-hydrogen) atoms. The van der Waals surface area contributed by atoms with Crippen molar-refractivity contribution in [3.05, 3.63) is 12.2 Å². The van der Waals surface area contributed by atoms with Gasteiger partial charge in [0.1, 0.15) is 0 Å². The third-order valence-corrected chi connectivity index (χ3v) is 2.34. The van der Waals surface area contributed by atoms with Crippen molar-refractivity contribution >= 4 is 5.97 Å². The molecule has 6 nitrogen and oxygen atoms in total. The molecule has 0 aromatic carbocycles. The second-order valence-corrected chi connectivity index (χ2v) is 3.85. The Hall–Kier alpha value is -1.43. The summed E-state index contributed by atoms with van der Waals surface area (Å²) in [5.74, 6) is 0.368. The van der Waals surface area contributed by atoms with Crippen molar-refractivity contribution in [2.45, 2.75) is 19.4 Å². The summed E-state index contributed by atoms with van der Waals surface area (Å²) in [4.78, 5) is 16.4. The number of aromatic nitrogens is 2. The number of aliphatic carboxylic acids is 1. The van der Waals surface area contributed by atoms with Crippen molar-refractivity contribution in [1.29, 1.82) is 0 Å². The largest absolute Gasteiger partial charge is 0.480 e. The molecular weight excluding hydrogens is 198 g/mol. The van der Waals surface area contributed by atoms with Gasteiger partial charge in [-0.05, 0) is 18.8 Å². The van der Waals surface area contributed by atoms with Crippen LogP contribution in [-0.4, -0.2) is 39.2 Å². The summed E-state index contributed by atoms with van der Waals surface area (Å²) in [6.45, 7) is 1.28. The highest BCUT2D eigenvalue weighted by atomic mass is 16.5. The Morgan fingerprint density at radius 3 is 3.00 bits per heavy atom. The molecule has 0 spiro atoms. The van der Waals surface area contributed by atoms with Crippen LogP contribution in [0, 0.1) is 5.92 Å². The summed E-state index contributed by atoms with van der Waals surface area (Å²) in [5.41, 5.74) is 0. The number of hydrogen-bond acceptors (Lipinski definition) is 5. The fraction of sp³-hybridized carbons (Fsp3) is 0.667. The summed E-state index contributed by atoms with van der Waals surface area (Å²) < 4.78 is 4.61. The lowest BCUT2D eigenvalue weighted by molar-refractivity contribution is -0.138. The third kappa shape index (κ3) is 3.32. The minimum atomic E-state index is -0.820. The summed E-state index contributed by atoms with van der Waals surface area (Å²) >= 11 is 0. The minimum Gasteiger partial charge on any atom is -0.480 e. The molecule has 1 N–H and O–H groups in total. The van der Waals surface area contributed by atoms with Gasteiger partial charge in [-0.25, -0.2) is 0 Å². The van der Waals surface area contributed by atoms with E-state index in [-0.39, 0.29) is 6.54 Å². The van der Waals surface area contributed by atoms with Gasteiger partial charge in [-0.3, -0.25) is 9.69 Å². The maximum absolute atomic E-state index is 10.6. The number of carbonyl (C=O) groups is 1. The predicted molar refractivity (Wildman–Crippen MR) is 49.9 cm³/mol. The molecule has 0 unspecified atom stereocenters. The zero-order valence-corrected chi connectivity index (χ0v) is 8.30. The summed E-state index contributed by atoms with van der Waals surface area (Å²) in [6, 6.07) is 0. The van der Waals surface area contributed by atoms with Gasteiger partial charge in [-0.2, -0.15) is 4.98 Å². The van der Waals surface area contributed by atoms with Gasteiger partial charge >= 0.3 is 5.97 Å². The zero-order chi connectivity index (χ0) is 10.7. The number of carboxylic acids is 1. The van der Waals surface area contributed by atoms with Gasteiger partial charge in [0.15, 0.2) is 5.82 Å². The molecule has 1 aromatic rings. The standard InChI is InChI=1S/C9H13N3O3/c13-9(14)5-12(3-7-1-2-7)4-8-10-6-15-11-8/h6-7H,1-5H2,(H,13,14). The molecule has 1 fully saturated rings. The van der Waals surface area contributed by atoms with E-state index in [2.05, 4.69) is 14.7 Å². The molecule has 0 bridgehead atoms. The lowest BCUT2D eigenvalue weighted by Gasteiger charge is -2.17. The normalized spacial score (nSPS) is 15.8. The van der Waals surface area contributed by atoms with E-state index in [4.69, 9.17) is 5.11 Å². The first-order chi connectivity index (χ1) is 7.24. The Labute approximate surface area is 86.9 Å². The molecule has 0 radical (unpaired) electrons. The van der Waals surface area contributed by atoms with E-state index in [1.807, 2.05) is 4.90 Å². The van der Waals surface area contributed by atoms with Crippen molar-refractivity contribution in [3.63, 3.8) is 0 Å². The van der Waals surface area contributed by atoms with Crippen LogP contribution in [0.1, 0.15) is 18.7 Å². The molecule has 6 heteroatoms. The van der Waals surface area contributed by atoms with Gasteiger partial charge < -0.3 is 9.63 Å². The van der Waals surface area contributed by atoms with Crippen molar-refractivity contribution in [2.24, 2.45) is 5.92 Å². The quantitative estimate of drug-likeness (QED) is 0.732. The van der Waals surface area contributed by atoms with E-state index in [0.29, 0.717) is 18.3 Å². The molecule has 1 heterocycles. The maximum atomic E-state index is 10.6. The first-order valence-corrected chi connectivity index (χ1v) is 4.93. The molecule has 0 atom stereocenters. The van der Waals surface area contributed by atoms with E-state index >= 15 is 0 Å². The fourth-order valence-electron chi connectivity index (χ4n) is 1.50. The summed E-state index contributed by atoms with van der Waals surface area (Å²) in [6.07, 6.45) is 3.65. The smallest absolute Gasteiger partial charge is 0.317 e. The first-order valence-electron chi connectivity index (χ1n) is 4.93. The molecule has 2 rings (SSSR count). The van der Waals surface area contributed by atoms with E-state index < -0.39 is 5.97 Å². The van der Waals surface area contributed by atoms with Gasteiger partial charge in [0.25, 0.3) is 0 Å². The van der Waals surface area contributed by atoms with Crippen LogP contribution in [0.15, 0.2) is 10.9 Å². The van der Waals surface area contributed by atoms with Gasteiger partial charge in [-0.15, -0.1) is 0 Å². The highest BCUT2D eigenvalue weighted by Gasteiger charge is 2.25. The van der Waals surface area contributed by atoms with Crippen LogP contribution in [0.5, 0.6) is 0 Å². The lowest BCUT2D eigenvalue weighted by atomic mass is 10.3. The van der Waals surface area contributed by atoms with Crippen LogP contribution in [0.2, 0.25) is 0 Å². The lowest BCUT2D eigenvalue weighted by Crippen LogP contribution is -2.31. The second kappa shape index (κ2) is 4.39. The number of carboxylic acid groups (broad SMARTS) is 1. The molecular formula is C9H13N3O3. The Kier molecular flexibility index (Phi) is 2.96. The number of nitrogens with zero attached hydrogens (tertiary/aromatic N) is 3. The molecule has 0 aliphatic heterocycles.